The number of benzene rings is 1. The van der Waals surface area contributed by atoms with Crippen molar-refractivity contribution in [2.24, 2.45) is 5.92 Å². The van der Waals surface area contributed by atoms with Gasteiger partial charge in [-0.25, -0.2) is 0 Å². The standard InChI is InChI=1S/C13H20BrNO/c1-11(2)9-15-7-8-16-10-12-5-3-4-6-13(12)14/h3-6,11,15H,7-10H2,1-2H3. The van der Waals surface area contributed by atoms with Crippen LogP contribution in [0.3, 0.4) is 0 Å². The molecule has 1 rings (SSSR count). The van der Waals surface area contributed by atoms with Crippen molar-refractivity contribution in [1.29, 1.82) is 0 Å². The van der Waals surface area contributed by atoms with E-state index >= 15 is 0 Å². The van der Waals surface area contributed by atoms with Gasteiger partial charge in [0.05, 0.1) is 13.2 Å². The zero-order valence-corrected chi connectivity index (χ0v) is 11.6. The van der Waals surface area contributed by atoms with Gasteiger partial charge in [-0.3, -0.25) is 0 Å². The molecule has 0 spiro atoms. The maximum atomic E-state index is 5.59. The van der Waals surface area contributed by atoms with Crippen molar-refractivity contribution < 1.29 is 4.74 Å². The molecule has 90 valence electrons. The van der Waals surface area contributed by atoms with E-state index in [0.29, 0.717) is 12.5 Å². The van der Waals surface area contributed by atoms with Gasteiger partial charge in [0.15, 0.2) is 0 Å². The zero-order valence-electron chi connectivity index (χ0n) is 10.0. The van der Waals surface area contributed by atoms with Crippen LogP contribution in [0.2, 0.25) is 0 Å². The minimum Gasteiger partial charge on any atom is -0.375 e. The Kier molecular flexibility index (Phi) is 6.69. The summed E-state index contributed by atoms with van der Waals surface area (Å²) < 4.78 is 6.71. The molecular formula is C13H20BrNO. The van der Waals surface area contributed by atoms with Crippen LogP contribution in [0.1, 0.15) is 19.4 Å². The van der Waals surface area contributed by atoms with Gasteiger partial charge in [0.2, 0.25) is 0 Å². The fraction of sp³-hybridized carbons (Fsp3) is 0.538. The number of ether oxygens (including phenoxy) is 1. The number of rotatable bonds is 7. The van der Waals surface area contributed by atoms with E-state index in [1.165, 1.54) is 5.56 Å². The predicted octanol–water partition coefficient (Wildman–Crippen LogP) is 3.21. The van der Waals surface area contributed by atoms with Gasteiger partial charge in [0.25, 0.3) is 0 Å². The van der Waals surface area contributed by atoms with Gasteiger partial charge >= 0.3 is 0 Å². The quantitative estimate of drug-likeness (QED) is 0.777. The Bertz CT molecular complexity index is 302. The van der Waals surface area contributed by atoms with Crippen LogP contribution in [0.15, 0.2) is 28.7 Å². The van der Waals surface area contributed by atoms with Crippen molar-refractivity contribution in [2.75, 3.05) is 19.7 Å². The number of nitrogens with one attached hydrogen (secondary N) is 1. The Labute approximate surface area is 107 Å². The van der Waals surface area contributed by atoms with E-state index in [1.54, 1.807) is 0 Å². The summed E-state index contributed by atoms with van der Waals surface area (Å²) in [6, 6.07) is 8.15. The first-order chi connectivity index (χ1) is 7.70. The summed E-state index contributed by atoms with van der Waals surface area (Å²) in [6.07, 6.45) is 0. The highest BCUT2D eigenvalue weighted by atomic mass is 79.9. The fourth-order valence-corrected chi connectivity index (χ4v) is 1.73. The molecule has 0 aliphatic carbocycles. The smallest absolute Gasteiger partial charge is 0.0728 e. The average Bonchev–Trinajstić information content (AvgIpc) is 2.25. The predicted molar refractivity (Wildman–Crippen MR) is 71.5 cm³/mol. The van der Waals surface area contributed by atoms with Crippen LogP contribution < -0.4 is 5.32 Å². The third-order valence-electron chi connectivity index (χ3n) is 2.19. The fourth-order valence-electron chi connectivity index (χ4n) is 1.33. The highest BCUT2D eigenvalue weighted by Gasteiger charge is 1.98. The molecule has 0 saturated heterocycles. The number of hydrogen-bond donors (Lipinski definition) is 1. The average molecular weight is 286 g/mol. The first kappa shape index (κ1) is 13.7. The summed E-state index contributed by atoms with van der Waals surface area (Å²) >= 11 is 3.50. The van der Waals surface area contributed by atoms with Gasteiger partial charge in [-0.15, -0.1) is 0 Å². The molecule has 0 radical (unpaired) electrons. The molecule has 3 heteroatoms. The van der Waals surface area contributed by atoms with E-state index in [2.05, 4.69) is 41.2 Å². The second kappa shape index (κ2) is 7.82. The lowest BCUT2D eigenvalue weighted by molar-refractivity contribution is 0.122. The molecule has 0 fully saturated rings. The van der Waals surface area contributed by atoms with Crippen molar-refractivity contribution >= 4 is 15.9 Å². The van der Waals surface area contributed by atoms with Crippen LogP contribution in [0.4, 0.5) is 0 Å². The van der Waals surface area contributed by atoms with E-state index in [9.17, 15) is 0 Å². The minimum absolute atomic E-state index is 0.671. The third-order valence-corrected chi connectivity index (χ3v) is 2.96. The second-order valence-corrected chi connectivity index (χ2v) is 5.10. The third kappa shape index (κ3) is 5.64. The van der Waals surface area contributed by atoms with E-state index in [4.69, 9.17) is 4.74 Å². The van der Waals surface area contributed by atoms with E-state index in [1.807, 2.05) is 18.2 Å². The molecule has 0 aromatic heterocycles. The Balaban J connectivity index is 2.10. The van der Waals surface area contributed by atoms with E-state index in [0.717, 1.165) is 24.2 Å². The van der Waals surface area contributed by atoms with Crippen LogP contribution >= 0.6 is 15.9 Å². The van der Waals surface area contributed by atoms with Crippen LogP contribution in [0, 0.1) is 5.92 Å². The molecule has 0 heterocycles. The lowest BCUT2D eigenvalue weighted by Gasteiger charge is -2.08. The SMILES string of the molecule is CC(C)CNCCOCc1ccccc1Br. The Hall–Kier alpha value is -0.380. The van der Waals surface area contributed by atoms with Gasteiger partial charge in [0.1, 0.15) is 0 Å². The molecule has 0 amide bonds. The second-order valence-electron chi connectivity index (χ2n) is 4.24. The maximum Gasteiger partial charge on any atom is 0.0728 e. The van der Waals surface area contributed by atoms with E-state index < -0.39 is 0 Å². The van der Waals surface area contributed by atoms with Crippen molar-refractivity contribution in [3.8, 4) is 0 Å². The van der Waals surface area contributed by atoms with Crippen molar-refractivity contribution in [1.82, 2.24) is 5.32 Å². The Morgan fingerprint density at radius 2 is 2.06 bits per heavy atom. The maximum absolute atomic E-state index is 5.59. The topological polar surface area (TPSA) is 21.3 Å². The Morgan fingerprint density at radius 3 is 2.75 bits per heavy atom. The van der Waals surface area contributed by atoms with Gasteiger partial charge in [-0.05, 0) is 24.1 Å². The zero-order chi connectivity index (χ0) is 11.8. The molecule has 0 aliphatic rings. The number of hydrogen-bond acceptors (Lipinski definition) is 2. The molecular weight excluding hydrogens is 266 g/mol. The monoisotopic (exact) mass is 285 g/mol. The largest absolute Gasteiger partial charge is 0.375 e. The van der Waals surface area contributed by atoms with Gasteiger partial charge in [-0.1, -0.05) is 48.0 Å². The molecule has 0 unspecified atom stereocenters. The first-order valence-corrected chi connectivity index (χ1v) is 6.51. The Morgan fingerprint density at radius 1 is 1.31 bits per heavy atom. The molecule has 0 atom stereocenters. The van der Waals surface area contributed by atoms with Gasteiger partial charge in [0, 0.05) is 11.0 Å². The molecule has 0 saturated carbocycles. The summed E-state index contributed by atoms with van der Waals surface area (Å²) in [5, 5.41) is 3.35. The molecule has 1 N–H and O–H groups in total. The van der Waals surface area contributed by atoms with Crippen molar-refractivity contribution in [3.63, 3.8) is 0 Å². The summed E-state index contributed by atoms with van der Waals surface area (Å²) in [5.74, 6) is 0.697. The molecule has 16 heavy (non-hydrogen) atoms. The van der Waals surface area contributed by atoms with Crippen LogP contribution in [0.5, 0.6) is 0 Å². The summed E-state index contributed by atoms with van der Waals surface area (Å²) in [6.45, 7) is 7.81. The number of halogens is 1. The van der Waals surface area contributed by atoms with Crippen LogP contribution in [-0.4, -0.2) is 19.7 Å². The van der Waals surface area contributed by atoms with Crippen molar-refractivity contribution in [3.05, 3.63) is 34.3 Å². The van der Waals surface area contributed by atoms with Crippen LogP contribution in [0.25, 0.3) is 0 Å². The lowest BCUT2D eigenvalue weighted by Crippen LogP contribution is -2.23. The van der Waals surface area contributed by atoms with Gasteiger partial charge < -0.3 is 10.1 Å². The highest BCUT2D eigenvalue weighted by molar-refractivity contribution is 9.10. The summed E-state index contributed by atoms with van der Waals surface area (Å²) in [4.78, 5) is 0. The van der Waals surface area contributed by atoms with Crippen molar-refractivity contribution in [2.45, 2.75) is 20.5 Å². The molecule has 0 aliphatic heterocycles. The lowest BCUT2D eigenvalue weighted by atomic mass is 10.2. The normalized spacial score (nSPS) is 11.0. The molecule has 0 bridgehead atoms. The van der Waals surface area contributed by atoms with E-state index in [-0.39, 0.29) is 0 Å². The summed E-state index contributed by atoms with van der Waals surface area (Å²) in [7, 11) is 0. The summed E-state index contributed by atoms with van der Waals surface area (Å²) in [5.41, 5.74) is 1.20. The molecule has 1 aromatic rings. The van der Waals surface area contributed by atoms with Gasteiger partial charge in [-0.2, -0.15) is 0 Å². The first-order valence-electron chi connectivity index (χ1n) is 5.72. The highest BCUT2D eigenvalue weighted by Crippen LogP contribution is 2.16. The minimum atomic E-state index is 0.671. The molecule has 2 nitrogen and oxygen atoms in total. The van der Waals surface area contributed by atoms with Crippen LogP contribution in [-0.2, 0) is 11.3 Å². The molecule has 1 aromatic carbocycles.